The summed E-state index contributed by atoms with van der Waals surface area (Å²) in [6, 6.07) is -0.130. The van der Waals surface area contributed by atoms with E-state index in [1.807, 2.05) is 0 Å². The van der Waals surface area contributed by atoms with Crippen molar-refractivity contribution in [2.24, 2.45) is 0 Å². The molecule has 7 nitrogen and oxygen atoms in total. The largest absolute Gasteiger partial charge is 0.481 e. The average Bonchev–Trinajstić information content (AvgIpc) is 2.72. The molecule has 1 aromatic rings. The minimum Gasteiger partial charge on any atom is -0.481 e. The van der Waals surface area contributed by atoms with Crippen LogP contribution in [-0.2, 0) is 16.0 Å². The molecular formula is C12H19N3O4. The molecule has 0 aliphatic heterocycles. The Hall–Kier alpha value is -1.92. The number of carbonyl (C=O) groups is 2. The van der Waals surface area contributed by atoms with Gasteiger partial charge in [0.25, 0.3) is 0 Å². The zero-order chi connectivity index (χ0) is 14.3. The third-order valence-electron chi connectivity index (χ3n) is 2.56. The topological polar surface area (TPSA) is 105 Å². The van der Waals surface area contributed by atoms with Crippen molar-refractivity contribution in [3.05, 3.63) is 11.7 Å². The van der Waals surface area contributed by atoms with Crippen LogP contribution in [0, 0.1) is 6.92 Å². The molecule has 1 aromatic heterocycles. The number of nitrogens with one attached hydrogen (secondary N) is 1. The summed E-state index contributed by atoms with van der Waals surface area (Å²) in [4.78, 5) is 26.0. The Labute approximate surface area is 111 Å². The number of nitrogens with zero attached hydrogens (tertiary/aromatic N) is 2. The normalized spacial score (nSPS) is 12.1. The van der Waals surface area contributed by atoms with E-state index >= 15 is 0 Å². The average molecular weight is 269 g/mol. The molecule has 1 heterocycles. The van der Waals surface area contributed by atoms with Crippen LogP contribution in [0.25, 0.3) is 0 Å². The molecule has 0 bridgehead atoms. The molecule has 106 valence electrons. The summed E-state index contributed by atoms with van der Waals surface area (Å²) >= 11 is 0. The maximum Gasteiger partial charge on any atom is 0.303 e. The van der Waals surface area contributed by atoms with E-state index in [1.165, 1.54) is 0 Å². The monoisotopic (exact) mass is 269 g/mol. The van der Waals surface area contributed by atoms with Gasteiger partial charge in [-0.25, -0.2) is 0 Å². The van der Waals surface area contributed by atoms with Crippen molar-refractivity contribution in [1.82, 2.24) is 15.5 Å². The molecule has 0 aliphatic rings. The summed E-state index contributed by atoms with van der Waals surface area (Å²) in [6.45, 7) is 3.53. The smallest absolute Gasteiger partial charge is 0.303 e. The second kappa shape index (κ2) is 7.50. The fourth-order valence-electron chi connectivity index (χ4n) is 1.60. The summed E-state index contributed by atoms with van der Waals surface area (Å²) in [5.74, 6) is 0.174. The highest BCUT2D eigenvalue weighted by atomic mass is 16.5. The first-order valence-corrected chi connectivity index (χ1v) is 6.27. The maximum absolute atomic E-state index is 11.6. The number of carbonyl (C=O) groups excluding carboxylic acids is 1. The highest BCUT2D eigenvalue weighted by molar-refractivity contribution is 5.76. The molecule has 0 saturated heterocycles. The van der Waals surface area contributed by atoms with Crippen molar-refractivity contribution in [2.75, 3.05) is 0 Å². The van der Waals surface area contributed by atoms with Crippen molar-refractivity contribution >= 4 is 11.9 Å². The maximum atomic E-state index is 11.6. The van der Waals surface area contributed by atoms with Crippen LogP contribution in [0.2, 0.25) is 0 Å². The number of hydrogen-bond donors (Lipinski definition) is 2. The van der Waals surface area contributed by atoms with Crippen molar-refractivity contribution in [3.8, 4) is 0 Å². The van der Waals surface area contributed by atoms with Crippen LogP contribution in [0.3, 0.4) is 0 Å². The zero-order valence-electron chi connectivity index (χ0n) is 11.2. The second-order valence-corrected chi connectivity index (χ2v) is 4.49. The van der Waals surface area contributed by atoms with E-state index in [-0.39, 0.29) is 18.4 Å². The van der Waals surface area contributed by atoms with Crippen LogP contribution in [0.5, 0.6) is 0 Å². The molecule has 0 radical (unpaired) electrons. The van der Waals surface area contributed by atoms with Gasteiger partial charge in [-0.2, -0.15) is 4.98 Å². The first-order chi connectivity index (χ1) is 8.97. The molecule has 1 unspecified atom stereocenters. The molecule has 19 heavy (non-hydrogen) atoms. The lowest BCUT2D eigenvalue weighted by molar-refractivity contribution is -0.137. The second-order valence-electron chi connectivity index (χ2n) is 4.49. The first-order valence-electron chi connectivity index (χ1n) is 6.27. The van der Waals surface area contributed by atoms with Crippen molar-refractivity contribution in [1.29, 1.82) is 0 Å². The number of amides is 1. The van der Waals surface area contributed by atoms with Gasteiger partial charge in [-0.05, 0) is 26.7 Å². The molecule has 7 heteroatoms. The lowest BCUT2D eigenvalue weighted by Gasteiger charge is -2.12. The molecule has 0 fully saturated rings. The number of aliphatic carboxylic acids is 1. The molecule has 0 spiro atoms. The Morgan fingerprint density at radius 1 is 1.42 bits per heavy atom. The molecule has 2 N–H and O–H groups in total. The molecular weight excluding hydrogens is 250 g/mol. The molecule has 1 rings (SSSR count). The van der Waals surface area contributed by atoms with Gasteiger partial charge in [-0.3, -0.25) is 9.59 Å². The van der Waals surface area contributed by atoms with E-state index in [9.17, 15) is 9.59 Å². The Morgan fingerprint density at radius 2 is 2.16 bits per heavy atom. The van der Waals surface area contributed by atoms with Crippen molar-refractivity contribution in [2.45, 2.75) is 52.0 Å². The van der Waals surface area contributed by atoms with E-state index < -0.39 is 5.97 Å². The fourth-order valence-corrected chi connectivity index (χ4v) is 1.60. The van der Waals surface area contributed by atoms with Crippen LogP contribution in [0.1, 0.15) is 44.3 Å². The van der Waals surface area contributed by atoms with E-state index in [0.717, 1.165) is 0 Å². The number of aromatic nitrogens is 2. The van der Waals surface area contributed by atoms with Gasteiger partial charge in [-0.1, -0.05) is 5.16 Å². The van der Waals surface area contributed by atoms with Gasteiger partial charge >= 0.3 is 5.97 Å². The minimum atomic E-state index is -0.854. The lowest BCUT2D eigenvalue weighted by Crippen LogP contribution is -2.32. The molecule has 0 aliphatic carbocycles. The Kier molecular flexibility index (Phi) is 5.98. The first kappa shape index (κ1) is 15.1. The third kappa shape index (κ3) is 6.54. The molecule has 0 aromatic carbocycles. The Balaban J connectivity index is 2.15. The van der Waals surface area contributed by atoms with Crippen LogP contribution < -0.4 is 5.32 Å². The summed E-state index contributed by atoms with van der Waals surface area (Å²) in [6.07, 6.45) is 2.04. The van der Waals surface area contributed by atoms with Gasteiger partial charge < -0.3 is 14.9 Å². The highest BCUT2D eigenvalue weighted by Gasteiger charge is 2.10. The number of hydrogen-bond acceptors (Lipinski definition) is 5. The van der Waals surface area contributed by atoms with Gasteiger partial charge in [0.15, 0.2) is 5.82 Å². The SMILES string of the molecule is Cc1noc(CCCC(=O)NC(C)CCC(=O)O)n1. The van der Waals surface area contributed by atoms with E-state index in [4.69, 9.17) is 9.63 Å². The van der Waals surface area contributed by atoms with Crippen molar-refractivity contribution in [3.63, 3.8) is 0 Å². The predicted octanol–water partition coefficient (Wildman–Crippen LogP) is 1.07. The van der Waals surface area contributed by atoms with E-state index in [1.54, 1.807) is 13.8 Å². The van der Waals surface area contributed by atoms with Crippen molar-refractivity contribution < 1.29 is 19.2 Å². The Morgan fingerprint density at radius 3 is 2.74 bits per heavy atom. The molecule has 1 atom stereocenters. The number of carboxylic acids is 1. The van der Waals surface area contributed by atoms with Crippen LogP contribution in [0.4, 0.5) is 0 Å². The van der Waals surface area contributed by atoms with Gasteiger partial charge in [0, 0.05) is 25.3 Å². The predicted molar refractivity (Wildman–Crippen MR) is 66.4 cm³/mol. The summed E-state index contributed by atoms with van der Waals surface area (Å²) in [7, 11) is 0. The summed E-state index contributed by atoms with van der Waals surface area (Å²) < 4.78 is 4.93. The quantitative estimate of drug-likeness (QED) is 0.731. The third-order valence-corrected chi connectivity index (χ3v) is 2.56. The highest BCUT2D eigenvalue weighted by Crippen LogP contribution is 2.03. The molecule has 1 amide bonds. The van der Waals surface area contributed by atoms with Crippen LogP contribution in [-0.4, -0.2) is 33.2 Å². The number of rotatable bonds is 8. The summed E-state index contributed by atoms with van der Waals surface area (Å²) in [5.41, 5.74) is 0. The number of aryl methyl sites for hydroxylation is 2. The van der Waals surface area contributed by atoms with Crippen LogP contribution in [0.15, 0.2) is 4.52 Å². The lowest BCUT2D eigenvalue weighted by atomic mass is 10.1. The van der Waals surface area contributed by atoms with Gasteiger partial charge in [0.05, 0.1) is 0 Å². The molecule has 0 saturated carbocycles. The Bertz CT molecular complexity index is 430. The van der Waals surface area contributed by atoms with Gasteiger partial charge in [-0.15, -0.1) is 0 Å². The van der Waals surface area contributed by atoms with Gasteiger partial charge in [0.1, 0.15) is 0 Å². The zero-order valence-corrected chi connectivity index (χ0v) is 11.2. The standard InChI is InChI=1S/C12H19N3O4/c1-8(6-7-12(17)18)13-10(16)4-3-5-11-14-9(2)15-19-11/h8H,3-7H2,1-2H3,(H,13,16)(H,17,18). The van der Waals surface area contributed by atoms with Crippen LogP contribution >= 0.6 is 0 Å². The van der Waals surface area contributed by atoms with E-state index in [2.05, 4.69) is 15.5 Å². The fraction of sp³-hybridized carbons (Fsp3) is 0.667. The minimum absolute atomic E-state index is 0.0582. The summed E-state index contributed by atoms with van der Waals surface area (Å²) in [5, 5.41) is 14.9. The van der Waals surface area contributed by atoms with Gasteiger partial charge in [0.2, 0.25) is 11.8 Å². The number of carboxylic acid groups (broad SMARTS) is 1. The van der Waals surface area contributed by atoms with E-state index in [0.29, 0.717) is 37.4 Å².